The van der Waals surface area contributed by atoms with Gasteiger partial charge in [0, 0.05) is 6.08 Å². The van der Waals surface area contributed by atoms with E-state index < -0.39 is 0 Å². The molecule has 0 saturated carbocycles. The fourth-order valence-electron chi connectivity index (χ4n) is 1.18. The lowest BCUT2D eigenvalue weighted by Gasteiger charge is -2.19. The van der Waals surface area contributed by atoms with Gasteiger partial charge < -0.3 is 4.74 Å². The summed E-state index contributed by atoms with van der Waals surface area (Å²) in [6.07, 6.45) is 3.45. The first kappa shape index (κ1) is 16.6. The van der Waals surface area contributed by atoms with Crippen LogP contribution in [0.3, 0.4) is 0 Å². The predicted molar refractivity (Wildman–Crippen MR) is 65.8 cm³/mol. The van der Waals surface area contributed by atoms with Crippen molar-refractivity contribution >= 4 is 5.97 Å². The highest BCUT2D eigenvalue weighted by Gasteiger charge is 2.12. The highest BCUT2D eigenvalue weighted by atomic mass is 16.5. The molecule has 2 nitrogen and oxygen atoms in total. The van der Waals surface area contributed by atoms with E-state index in [1.54, 1.807) is 6.08 Å². The Kier molecular flexibility index (Phi) is 9.44. The molecule has 0 bridgehead atoms. The topological polar surface area (TPSA) is 26.3 Å². The zero-order valence-electron chi connectivity index (χ0n) is 11.3. The quantitative estimate of drug-likeness (QED) is 0.525. The SMILES string of the molecule is CC.CC/C(=C/C(=O)OC)CC(C)(C)C. The summed E-state index contributed by atoms with van der Waals surface area (Å²) in [7, 11) is 1.41. The van der Waals surface area contributed by atoms with Crippen molar-refractivity contribution in [3.05, 3.63) is 11.6 Å². The van der Waals surface area contributed by atoms with Gasteiger partial charge in [0.05, 0.1) is 7.11 Å². The third-order valence-corrected chi connectivity index (χ3v) is 1.73. The van der Waals surface area contributed by atoms with E-state index in [0.29, 0.717) is 0 Å². The first-order valence-corrected chi connectivity index (χ1v) is 5.66. The fourth-order valence-corrected chi connectivity index (χ4v) is 1.18. The molecule has 15 heavy (non-hydrogen) atoms. The molecule has 0 aliphatic rings. The van der Waals surface area contributed by atoms with E-state index in [0.717, 1.165) is 18.4 Å². The van der Waals surface area contributed by atoms with E-state index in [2.05, 4.69) is 32.4 Å². The van der Waals surface area contributed by atoms with E-state index in [1.165, 1.54) is 7.11 Å². The molecule has 0 aromatic rings. The number of methoxy groups -OCH3 is 1. The monoisotopic (exact) mass is 214 g/mol. The highest BCUT2D eigenvalue weighted by molar-refractivity contribution is 5.82. The number of rotatable bonds is 3. The molecule has 90 valence electrons. The van der Waals surface area contributed by atoms with Crippen LogP contribution in [0.4, 0.5) is 0 Å². The third kappa shape index (κ3) is 11.1. The third-order valence-electron chi connectivity index (χ3n) is 1.73. The van der Waals surface area contributed by atoms with Crippen LogP contribution >= 0.6 is 0 Å². The second kappa shape index (κ2) is 8.51. The Morgan fingerprint density at radius 2 is 1.73 bits per heavy atom. The van der Waals surface area contributed by atoms with Gasteiger partial charge in [-0.05, 0) is 18.3 Å². The standard InChI is InChI=1S/C11H20O2.C2H6/c1-6-9(7-10(12)13-5)8-11(2,3)4;1-2/h7H,6,8H2,1-5H3;1-2H3/b9-7-;. The Hall–Kier alpha value is -0.790. The van der Waals surface area contributed by atoms with Gasteiger partial charge in [-0.25, -0.2) is 4.79 Å². The Balaban J connectivity index is 0. The van der Waals surface area contributed by atoms with Gasteiger partial charge in [-0.1, -0.05) is 47.1 Å². The Morgan fingerprint density at radius 3 is 2.00 bits per heavy atom. The number of carbonyl (C=O) groups is 1. The molecule has 2 heteroatoms. The maximum atomic E-state index is 11.0. The van der Waals surface area contributed by atoms with Crippen molar-refractivity contribution in [1.82, 2.24) is 0 Å². The second-order valence-electron chi connectivity index (χ2n) is 4.42. The van der Waals surface area contributed by atoms with Crippen molar-refractivity contribution in [2.75, 3.05) is 7.11 Å². The van der Waals surface area contributed by atoms with Gasteiger partial charge in [-0.15, -0.1) is 0 Å². The minimum Gasteiger partial charge on any atom is -0.466 e. The van der Waals surface area contributed by atoms with Gasteiger partial charge in [0.25, 0.3) is 0 Å². The van der Waals surface area contributed by atoms with Gasteiger partial charge in [-0.2, -0.15) is 0 Å². The summed E-state index contributed by atoms with van der Waals surface area (Å²) in [4.78, 5) is 11.0. The van der Waals surface area contributed by atoms with Crippen molar-refractivity contribution < 1.29 is 9.53 Å². The van der Waals surface area contributed by atoms with Crippen LogP contribution in [-0.4, -0.2) is 13.1 Å². The molecule has 0 aromatic heterocycles. The Bertz CT molecular complexity index is 197. The van der Waals surface area contributed by atoms with Crippen molar-refractivity contribution in [1.29, 1.82) is 0 Å². The summed E-state index contributed by atoms with van der Waals surface area (Å²) < 4.78 is 4.58. The number of carbonyl (C=O) groups excluding carboxylic acids is 1. The molecule has 0 radical (unpaired) electrons. The number of esters is 1. The summed E-state index contributed by atoms with van der Waals surface area (Å²) in [5, 5.41) is 0. The van der Waals surface area contributed by atoms with Gasteiger partial charge in [0.1, 0.15) is 0 Å². The number of hydrogen-bond donors (Lipinski definition) is 0. The van der Waals surface area contributed by atoms with Gasteiger partial charge in [-0.3, -0.25) is 0 Å². The molecular weight excluding hydrogens is 188 g/mol. The van der Waals surface area contributed by atoms with Crippen molar-refractivity contribution in [3.8, 4) is 0 Å². The molecule has 0 heterocycles. The van der Waals surface area contributed by atoms with E-state index in [1.807, 2.05) is 13.8 Å². The lowest BCUT2D eigenvalue weighted by Crippen LogP contribution is -2.07. The molecule has 0 atom stereocenters. The first-order chi connectivity index (χ1) is 6.89. The fraction of sp³-hybridized carbons (Fsp3) is 0.769. The molecule has 0 unspecified atom stereocenters. The smallest absolute Gasteiger partial charge is 0.330 e. The number of ether oxygens (including phenoxy) is 1. The highest BCUT2D eigenvalue weighted by Crippen LogP contribution is 2.25. The van der Waals surface area contributed by atoms with Crippen LogP contribution in [0.1, 0.15) is 54.4 Å². The molecule has 0 fully saturated rings. The van der Waals surface area contributed by atoms with Crippen LogP contribution in [0.5, 0.6) is 0 Å². The van der Waals surface area contributed by atoms with Crippen molar-refractivity contribution in [2.24, 2.45) is 5.41 Å². The zero-order valence-corrected chi connectivity index (χ0v) is 11.3. The summed E-state index contributed by atoms with van der Waals surface area (Å²) in [6, 6.07) is 0. The van der Waals surface area contributed by atoms with Gasteiger partial charge in [0.15, 0.2) is 0 Å². The molecule has 0 aliphatic carbocycles. The minimum absolute atomic E-state index is 0.232. The molecular formula is C13H26O2. The molecule has 0 aromatic carbocycles. The van der Waals surface area contributed by atoms with Crippen molar-refractivity contribution in [2.45, 2.75) is 54.4 Å². The minimum atomic E-state index is -0.249. The lowest BCUT2D eigenvalue weighted by molar-refractivity contribution is -0.134. The summed E-state index contributed by atoms with van der Waals surface area (Å²) >= 11 is 0. The van der Waals surface area contributed by atoms with E-state index in [4.69, 9.17) is 0 Å². The maximum absolute atomic E-state index is 11.0. The first-order valence-electron chi connectivity index (χ1n) is 5.66. The molecule has 0 aliphatic heterocycles. The van der Waals surface area contributed by atoms with Crippen LogP contribution in [0.2, 0.25) is 0 Å². The molecule has 0 saturated heterocycles. The van der Waals surface area contributed by atoms with Crippen LogP contribution in [-0.2, 0) is 9.53 Å². The van der Waals surface area contributed by atoms with E-state index >= 15 is 0 Å². The van der Waals surface area contributed by atoms with E-state index in [-0.39, 0.29) is 11.4 Å². The second-order valence-corrected chi connectivity index (χ2v) is 4.42. The predicted octanol–water partition coefficient (Wildman–Crippen LogP) is 3.96. The normalized spacial score (nSPS) is 11.5. The van der Waals surface area contributed by atoms with Crippen LogP contribution in [0.15, 0.2) is 11.6 Å². The van der Waals surface area contributed by atoms with Crippen LogP contribution in [0, 0.1) is 5.41 Å². The molecule has 0 rings (SSSR count). The summed E-state index contributed by atoms with van der Waals surface area (Å²) in [6.45, 7) is 12.5. The number of allylic oxidation sites excluding steroid dienone is 1. The Morgan fingerprint density at radius 1 is 1.27 bits per heavy atom. The van der Waals surface area contributed by atoms with Gasteiger partial charge in [0.2, 0.25) is 0 Å². The number of hydrogen-bond acceptors (Lipinski definition) is 2. The van der Waals surface area contributed by atoms with Crippen LogP contribution in [0.25, 0.3) is 0 Å². The summed E-state index contributed by atoms with van der Waals surface area (Å²) in [5.74, 6) is -0.249. The largest absolute Gasteiger partial charge is 0.466 e. The van der Waals surface area contributed by atoms with Gasteiger partial charge >= 0.3 is 5.97 Å². The van der Waals surface area contributed by atoms with E-state index in [9.17, 15) is 4.79 Å². The van der Waals surface area contributed by atoms with Crippen molar-refractivity contribution in [3.63, 3.8) is 0 Å². The molecule has 0 N–H and O–H groups in total. The average Bonchev–Trinajstić information content (AvgIpc) is 2.17. The Labute approximate surface area is 94.7 Å². The molecule has 0 spiro atoms. The lowest BCUT2D eigenvalue weighted by atomic mass is 9.87. The maximum Gasteiger partial charge on any atom is 0.330 e. The zero-order chi connectivity index (χ0) is 12.5. The average molecular weight is 214 g/mol. The summed E-state index contributed by atoms with van der Waals surface area (Å²) in [5.41, 5.74) is 1.38. The van der Waals surface area contributed by atoms with Crippen LogP contribution < -0.4 is 0 Å². The molecule has 0 amide bonds.